The fourth-order valence-corrected chi connectivity index (χ4v) is 11.7. The predicted octanol–water partition coefficient (Wildman–Crippen LogP) is 8.70. The Kier molecular flexibility index (Phi) is 4.63. The van der Waals surface area contributed by atoms with Gasteiger partial charge in [0.1, 0.15) is 0 Å². The summed E-state index contributed by atoms with van der Waals surface area (Å²) in [5.41, 5.74) is 6.20. The molecule has 39 heavy (non-hydrogen) atoms. The van der Waals surface area contributed by atoms with Gasteiger partial charge in [-0.1, -0.05) is 0 Å². The maximum atomic E-state index is 4.78. The molecule has 5 aromatic heterocycles. The van der Waals surface area contributed by atoms with E-state index in [9.17, 15) is 0 Å². The Bertz CT molecular complexity index is 2140. The molecule has 0 spiro atoms. The summed E-state index contributed by atoms with van der Waals surface area (Å²) in [6.45, 7) is 0. The Morgan fingerprint density at radius 1 is 0.538 bits per heavy atom. The van der Waals surface area contributed by atoms with Gasteiger partial charge in [-0.15, -0.1) is 0 Å². The van der Waals surface area contributed by atoms with E-state index in [4.69, 9.17) is 9.97 Å². The van der Waals surface area contributed by atoms with Gasteiger partial charge in [0.2, 0.25) is 0 Å². The van der Waals surface area contributed by atoms with Crippen LogP contribution >= 0.6 is 22.7 Å². The van der Waals surface area contributed by atoms with E-state index in [0.717, 1.165) is 22.1 Å². The average Bonchev–Trinajstić information content (AvgIpc) is 3.65. The third-order valence-corrected chi connectivity index (χ3v) is 12.7. The van der Waals surface area contributed by atoms with Crippen LogP contribution in [-0.2, 0) is 0 Å². The second kappa shape index (κ2) is 8.25. The number of thiophene rings is 2. The summed E-state index contributed by atoms with van der Waals surface area (Å²) in [6.07, 6.45) is 7.15. The molecule has 0 bridgehead atoms. The molecule has 0 N–H and O–H groups in total. The van der Waals surface area contributed by atoms with Crippen LogP contribution in [0.4, 0.5) is 0 Å². The zero-order valence-corrected chi connectivity index (χ0v) is 23.6. The zero-order chi connectivity index (χ0) is 25.5. The number of rotatable bonds is 2. The Balaban J connectivity index is 1.30. The van der Waals surface area contributed by atoms with Crippen LogP contribution in [-0.4, -0.2) is 34.4 Å². The van der Waals surface area contributed by atoms with Crippen molar-refractivity contribution >= 4 is 98.7 Å². The minimum atomic E-state index is 0.264. The van der Waals surface area contributed by atoms with Crippen LogP contribution in [0.5, 0.6) is 0 Å². The summed E-state index contributed by atoms with van der Waals surface area (Å²) in [6, 6.07) is 26.2. The van der Waals surface area contributed by atoms with Gasteiger partial charge in [-0.3, -0.25) is 0 Å². The van der Waals surface area contributed by atoms with Gasteiger partial charge in [-0.05, 0) is 0 Å². The third-order valence-electron chi connectivity index (χ3n) is 7.31. The summed E-state index contributed by atoms with van der Waals surface area (Å²) >= 11 is 4.07. The van der Waals surface area contributed by atoms with E-state index in [1.807, 2.05) is 22.7 Å². The van der Waals surface area contributed by atoms with E-state index in [0.29, 0.717) is 0 Å². The Hall–Kier alpha value is -4.00. The van der Waals surface area contributed by atoms with Crippen LogP contribution in [0.25, 0.3) is 82.4 Å². The molecule has 4 aromatic carbocycles. The Labute approximate surface area is 236 Å². The molecule has 9 rings (SSSR count). The fraction of sp³-hybridized carbons (Fsp3) is 0. The zero-order valence-electron chi connectivity index (χ0n) is 20.3. The molecule has 0 saturated heterocycles. The van der Waals surface area contributed by atoms with Crippen molar-refractivity contribution in [1.29, 1.82) is 0 Å². The van der Waals surface area contributed by atoms with Crippen LogP contribution < -0.4 is 0 Å². The standard InChI is InChI=1S/C32H16N4S2Se/c1-3-7-19-17(5-1)13-22-29(35-11-9-33-22)27(19)24-15-21-31-26(39-32(21)38-24)16-25(37-31)28-20-8-4-2-6-18(20)14-23-30(28)36-12-10-34-23/h1-16H. The van der Waals surface area contributed by atoms with E-state index in [-0.39, 0.29) is 14.5 Å². The number of fused-ring (bicyclic) bond motifs is 7. The predicted molar refractivity (Wildman–Crippen MR) is 166 cm³/mol. The Morgan fingerprint density at radius 3 is 1.74 bits per heavy atom. The molecule has 0 aliphatic rings. The van der Waals surface area contributed by atoms with Crippen molar-refractivity contribution < 1.29 is 0 Å². The molecule has 5 heterocycles. The molecule has 9 aromatic rings. The topological polar surface area (TPSA) is 51.6 Å². The summed E-state index contributed by atoms with van der Waals surface area (Å²) in [7, 11) is 0. The fourth-order valence-electron chi connectivity index (χ4n) is 5.64. The molecule has 0 unspecified atom stereocenters. The molecule has 0 radical (unpaired) electrons. The van der Waals surface area contributed by atoms with Crippen molar-refractivity contribution in [2.75, 3.05) is 0 Å². The molecular weight excluding hydrogens is 583 g/mol. The van der Waals surface area contributed by atoms with Crippen molar-refractivity contribution in [2.24, 2.45) is 0 Å². The molecule has 4 nitrogen and oxygen atoms in total. The second-order valence-electron chi connectivity index (χ2n) is 9.51. The van der Waals surface area contributed by atoms with E-state index < -0.39 is 0 Å². The van der Waals surface area contributed by atoms with Gasteiger partial charge in [-0.25, -0.2) is 0 Å². The van der Waals surface area contributed by atoms with Crippen molar-refractivity contribution in [2.45, 2.75) is 0 Å². The molecule has 0 aliphatic heterocycles. The van der Waals surface area contributed by atoms with E-state index in [1.165, 1.54) is 60.3 Å². The third kappa shape index (κ3) is 3.22. The van der Waals surface area contributed by atoms with Crippen LogP contribution in [0.3, 0.4) is 0 Å². The molecule has 0 atom stereocenters. The molecular formula is C32H16N4S2Se. The summed E-state index contributed by atoms with van der Waals surface area (Å²) in [4.78, 5) is 21.4. The van der Waals surface area contributed by atoms with Gasteiger partial charge in [0.25, 0.3) is 0 Å². The van der Waals surface area contributed by atoms with Gasteiger partial charge >= 0.3 is 237 Å². The van der Waals surface area contributed by atoms with Gasteiger partial charge in [0.05, 0.1) is 0 Å². The minimum absolute atomic E-state index is 0.264. The van der Waals surface area contributed by atoms with Crippen molar-refractivity contribution in [3.8, 4) is 20.9 Å². The van der Waals surface area contributed by atoms with Crippen molar-refractivity contribution in [3.05, 3.63) is 97.6 Å². The number of aromatic nitrogens is 4. The SMILES string of the molecule is c1ccc2c(-c3cc4c(s3)[se]c3cc(-c5c6ccccc6cc6nccnc56)sc34)c3nccnc3cc2c1. The van der Waals surface area contributed by atoms with E-state index >= 15 is 0 Å². The van der Waals surface area contributed by atoms with Crippen molar-refractivity contribution in [1.82, 2.24) is 19.9 Å². The first-order valence-electron chi connectivity index (χ1n) is 12.5. The molecule has 7 heteroatoms. The second-order valence-corrected chi connectivity index (χ2v) is 14.4. The van der Waals surface area contributed by atoms with Gasteiger partial charge in [0.15, 0.2) is 0 Å². The first-order valence-corrected chi connectivity index (χ1v) is 15.9. The summed E-state index contributed by atoms with van der Waals surface area (Å²) in [5.74, 6) is 0. The monoisotopic (exact) mass is 600 g/mol. The molecule has 0 amide bonds. The van der Waals surface area contributed by atoms with Crippen LogP contribution in [0, 0.1) is 0 Å². The van der Waals surface area contributed by atoms with E-state index in [1.54, 1.807) is 24.8 Å². The quantitative estimate of drug-likeness (QED) is 0.147. The van der Waals surface area contributed by atoms with Gasteiger partial charge in [0, 0.05) is 0 Å². The Morgan fingerprint density at radius 2 is 1.10 bits per heavy atom. The van der Waals surface area contributed by atoms with Gasteiger partial charge in [-0.2, -0.15) is 0 Å². The normalized spacial score (nSPS) is 12.1. The van der Waals surface area contributed by atoms with Gasteiger partial charge < -0.3 is 0 Å². The number of hydrogen-bond acceptors (Lipinski definition) is 6. The maximum absolute atomic E-state index is 4.78. The van der Waals surface area contributed by atoms with Crippen LogP contribution in [0.1, 0.15) is 0 Å². The first-order chi connectivity index (χ1) is 19.3. The number of benzene rings is 4. The van der Waals surface area contributed by atoms with Crippen LogP contribution in [0.2, 0.25) is 0 Å². The summed E-state index contributed by atoms with van der Waals surface area (Å²) in [5, 5.41) is 6.22. The molecule has 0 aliphatic carbocycles. The average molecular weight is 600 g/mol. The first kappa shape index (κ1) is 21.9. The number of hydrogen-bond donors (Lipinski definition) is 0. The van der Waals surface area contributed by atoms with Crippen molar-refractivity contribution in [3.63, 3.8) is 0 Å². The molecule has 182 valence electrons. The molecule has 0 fully saturated rings. The van der Waals surface area contributed by atoms with Crippen LogP contribution in [0.15, 0.2) is 97.6 Å². The molecule has 0 saturated carbocycles. The van der Waals surface area contributed by atoms with E-state index in [2.05, 4.69) is 82.8 Å². The summed E-state index contributed by atoms with van der Waals surface area (Å²) < 4.78 is 4.34. The number of nitrogens with zero attached hydrogens (tertiary/aromatic N) is 4.